The van der Waals surface area contributed by atoms with Gasteiger partial charge in [-0.3, -0.25) is 0 Å². The van der Waals surface area contributed by atoms with Crippen LogP contribution in [-0.2, 0) is 11.3 Å². The fourth-order valence-corrected chi connectivity index (χ4v) is 3.83. The molecule has 0 saturated carbocycles. The van der Waals surface area contributed by atoms with E-state index >= 15 is 0 Å². The van der Waals surface area contributed by atoms with Crippen LogP contribution in [0, 0.1) is 6.92 Å². The maximum Gasteiger partial charge on any atom is 0.337 e. The number of carboxylic acid groups (broad SMARTS) is 1. The number of aromatic carboxylic acids is 1. The molecule has 0 amide bonds. The number of hydrogen-bond acceptors (Lipinski definition) is 4. The third kappa shape index (κ3) is 4.10. The van der Waals surface area contributed by atoms with Crippen LogP contribution in [0.1, 0.15) is 21.5 Å². The number of carboxylic acids is 1. The van der Waals surface area contributed by atoms with Crippen LogP contribution < -0.4 is 0 Å². The molecule has 31 heavy (non-hydrogen) atoms. The van der Waals surface area contributed by atoms with E-state index in [0.29, 0.717) is 23.6 Å². The summed E-state index contributed by atoms with van der Waals surface area (Å²) >= 11 is 5.98. The van der Waals surface area contributed by atoms with Crippen molar-refractivity contribution >= 4 is 17.6 Å². The van der Waals surface area contributed by atoms with Crippen LogP contribution in [0.4, 0.5) is 0 Å². The number of methoxy groups -OCH3 is 1. The van der Waals surface area contributed by atoms with Crippen LogP contribution in [0.3, 0.4) is 0 Å². The molecule has 0 aliphatic rings. The zero-order valence-corrected chi connectivity index (χ0v) is 17.8. The number of hydrogen-bond donors (Lipinski definition) is 1. The van der Waals surface area contributed by atoms with Gasteiger partial charge in [0.05, 0.1) is 17.2 Å². The van der Waals surface area contributed by atoms with Gasteiger partial charge >= 0.3 is 5.97 Å². The first-order valence-electron chi connectivity index (χ1n) is 9.66. The molecule has 5 nitrogen and oxygen atoms in total. The lowest BCUT2D eigenvalue weighted by Gasteiger charge is -2.15. The molecule has 0 aliphatic heterocycles. The predicted molar refractivity (Wildman–Crippen MR) is 120 cm³/mol. The first-order valence-corrected chi connectivity index (χ1v) is 10.0. The molecular weight excluding hydrogens is 414 g/mol. The highest BCUT2D eigenvalue weighted by molar-refractivity contribution is 6.33. The molecule has 1 N–H and O–H groups in total. The first-order chi connectivity index (χ1) is 15.0. The zero-order chi connectivity index (χ0) is 22.0. The molecule has 6 heteroatoms. The standard InChI is InChI=1S/C25H20ClNO4/c1-15-18(16-6-4-3-5-7-16)9-10-19(21(15)14-30-2)24-13-23(27-31-24)17-8-11-22(26)20(12-17)25(28)29/h3-13H,14H2,1-2H3,(H,28,29). The number of ether oxygens (including phenoxy) is 1. The summed E-state index contributed by atoms with van der Waals surface area (Å²) in [5.41, 5.74) is 6.41. The number of nitrogens with zero attached hydrogens (tertiary/aromatic N) is 1. The van der Waals surface area contributed by atoms with Gasteiger partial charge in [0.1, 0.15) is 5.69 Å². The molecule has 0 radical (unpaired) electrons. The fraction of sp³-hybridized carbons (Fsp3) is 0.120. The molecule has 4 rings (SSSR count). The average molecular weight is 434 g/mol. The minimum Gasteiger partial charge on any atom is -0.478 e. The lowest BCUT2D eigenvalue weighted by atomic mass is 9.92. The van der Waals surface area contributed by atoms with Crippen molar-refractivity contribution in [1.82, 2.24) is 5.16 Å². The van der Waals surface area contributed by atoms with Gasteiger partial charge in [-0.25, -0.2) is 4.79 Å². The van der Waals surface area contributed by atoms with E-state index in [1.165, 1.54) is 6.07 Å². The third-order valence-corrected chi connectivity index (χ3v) is 5.57. The van der Waals surface area contributed by atoms with Crippen LogP contribution in [0.2, 0.25) is 5.02 Å². The van der Waals surface area contributed by atoms with Gasteiger partial charge in [-0.15, -0.1) is 0 Å². The number of rotatable bonds is 6. The summed E-state index contributed by atoms with van der Waals surface area (Å²) in [7, 11) is 1.66. The highest BCUT2D eigenvalue weighted by Crippen LogP contribution is 2.35. The predicted octanol–water partition coefficient (Wildman–Crippen LogP) is 6.48. The summed E-state index contributed by atoms with van der Waals surface area (Å²) < 4.78 is 11.1. The van der Waals surface area contributed by atoms with E-state index in [1.54, 1.807) is 25.3 Å². The van der Waals surface area contributed by atoms with Crippen LogP contribution in [0.15, 0.2) is 71.3 Å². The van der Waals surface area contributed by atoms with E-state index in [0.717, 1.165) is 27.8 Å². The summed E-state index contributed by atoms with van der Waals surface area (Å²) in [5, 5.41) is 13.7. The van der Waals surface area contributed by atoms with Crippen molar-refractivity contribution in [3.8, 4) is 33.7 Å². The second-order valence-corrected chi connectivity index (χ2v) is 7.55. The highest BCUT2D eigenvalue weighted by Gasteiger charge is 2.18. The monoisotopic (exact) mass is 433 g/mol. The van der Waals surface area contributed by atoms with Gasteiger partial charge in [0, 0.05) is 24.3 Å². The number of carbonyl (C=O) groups is 1. The topological polar surface area (TPSA) is 72.6 Å². The van der Waals surface area contributed by atoms with E-state index in [4.69, 9.17) is 20.9 Å². The van der Waals surface area contributed by atoms with E-state index < -0.39 is 5.97 Å². The van der Waals surface area contributed by atoms with Crippen LogP contribution in [-0.4, -0.2) is 23.3 Å². The average Bonchev–Trinajstić information content (AvgIpc) is 3.26. The normalized spacial score (nSPS) is 10.9. The molecule has 3 aromatic carbocycles. The van der Waals surface area contributed by atoms with Gasteiger partial charge in [-0.05, 0) is 41.3 Å². The Morgan fingerprint density at radius 3 is 2.48 bits per heavy atom. The zero-order valence-electron chi connectivity index (χ0n) is 17.1. The lowest BCUT2D eigenvalue weighted by molar-refractivity contribution is 0.0697. The second kappa shape index (κ2) is 8.76. The Morgan fingerprint density at radius 1 is 1.03 bits per heavy atom. The molecule has 156 valence electrons. The molecule has 0 bridgehead atoms. The maximum absolute atomic E-state index is 11.4. The molecule has 0 spiro atoms. The van der Waals surface area contributed by atoms with Crippen LogP contribution >= 0.6 is 11.6 Å². The SMILES string of the molecule is COCc1c(-c2cc(-c3ccc(Cl)c(C(=O)O)c3)no2)ccc(-c2ccccc2)c1C. The Bertz CT molecular complexity index is 1250. The van der Waals surface area contributed by atoms with Gasteiger partial charge in [0.2, 0.25) is 0 Å². The summed E-state index contributed by atoms with van der Waals surface area (Å²) in [6.07, 6.45) is 0. The van der Waals surface area contributed by atoms with E-state index in [1.807, 2.05) is 24.3 Å². The van der Waals surface area contributed by atoms with Crippen molar-refractivity contribution in [2.75, 3.05) is 7.11 Å². The summed E-state index contributed by atoms with van der Waals surface area (Å²) in [4.78, 5) is 11.4. The van der Waals surface area contributed by atoms with Gasteiger partial charge in [0.25, 0.3) is 0 Å². The summed E-state index contributed by atoms with van der Waals surface area (Å²) in [5.74, 6) is -0.512. The van der Waals surface area contributed by atoms with Crippen LogP contribution in [0.25, 0.3) is 33.7 Å². The Labute approximate surface area is 184 Å². The quantitative estimate of drug-likeness (QED) is 0.376. The van der Waals surface area contributed by atoms with Crippen molar-refractivity contribution in [1.29, 1.82) is 0 Å². The van der Waals surface area contributed by atoms with E-state index in [2.05, 4.69) is 30.3 Å². The second-order valence-electron chi connectivity index (χ2n) is 7.14. The van der Waals surface area contributed by atoms with E-state index in [9.17, 15) is 9.90 Å². The van der Waals surface area contributed by atoms with Gasteiger partial charge in [-0.1, -0.05) is 65.3 Å². The highest BCUT2D eigenvalue weighted by atomic mass is 35.5. The Hall–Kier alpha value is -3.41. The number of aromatic nitrogens is 1. The van der Waals surface area contributed by atoms with E-state index in [-0.39, 0.29) is 10.6 Å². The molecule has 1 aromatic heterocycles. The van der Waals surface area contributed by atoms with Crippen molar-refractivity contribution in [3.63, 3.8) is 0 Å². The van der Waals surface area contributed by atoms with Crippen LogP contribution in [0.5, 0.6) is 0 Å². The minimum atomic E-state index is -1.09. The Morgan fingerprint density at radius 2 is 1.77 bits per heavy atom. The molecule has 0 fully saturated rings. The van der Waals surface area contributed by atoms with Crippen molar-refractivity contribution in [3.05, 3.63) is 88.4 Å². The molecule has 0 unspecified atom stereocenters. The lowest BCUT2D eigenvalue weighted by Crippen LogP contribution is -1.98. The number of benzene rings is 3. The maximum atomic E-state index is 11.4. The minimum absolute atomic E-state index is 0.0202. The summed E-state index contributed by atoms with van der Waals surface area (Å²) in [6, 6.07) is 20.8. The fourth-order valence-electron chi connectivity index (χ4n) is 3.64. The molecule has 0 saturated heterocycles. The third-order valence-electron chi connectivity index (χ3n) is 5.24. The van der Waals surface area contributed by atoms with Crippen molar-refractivity contribution in [2.45, 2.75) is 13.5 Å². The largest absolute Gasteiger partial charge is 0.478 e. The van der Waals surface area contributed by atoms with Gasteiger partial charge in [0.15, 0.2) is 5.76 Å². The first kappa shape index (κ1) is 20.8. The summed E-state index contributed by atoms with van der Waals surface area (Å²) in [6.45, 7) is 2.48. The molecule has 4 aromatic rings. The van der Waals surface area contributed by atoms with Crippen molar-refractivity contribution in [2.24, 2.45) is 0 Å². The number of halogens is 1. The Balaban J connectivity index is 1.77. The Kier molecular flexibility index (Phi) is 5.89. The molecular formula is C25H20ClNO4. The molecule has 0 atom stereocenters. The molecule has 0 aliphatic carbocycles. The molecule has 1 heterocycles. The van der Waals surface area contributed by atoms with Crippen molar-refractivity contribution < 1.29 is 19.2 Å². The van der Waals surface area contributed by atoms with Gasteiger partial charge in [-0.2, -0.15) is 0 Å². The smallest absolute Gasteiger partial charge is 0.337 e. The van der Waals surface area contributed by atoms with Gasteiger partial charge < -0.3 is 14.4 Å².